The standard InChI is InChI=1S/C17H25N3O3/c1-19(2)16(21)11-13-7-4-5-9-15(13)18-17(22)20(3)12-14-8-6-10-23-14/h4-5,7,9,14H,6,8,10-12H2,1-3H3,(H,18,22). The van der Waals surface area contributed by atoms with Gasteiger partial charge in [-0.05, 0) is 24.5 Å². The minimum atomic E-state index is -0.190. The van der Waals surface area contributed by atoms with Crippen LogP contribution in [0.3, 0.4) is 0 Å². The molecule has 0 aliphatic carbocycles. The molecule has 0 radical (unpaired) electrons. The van der Waals surface area contributed by atoms with Gasteiger partial charge in [0.05, 0.1) is 12.5 Å². The first kappa shape index (κ1) is 17.3. The van der Waals surface area contributed by atoms with Crippen LogP contribution >= 0.6 is 0 Å². The molecule has 6 heteroatoms. The molecular formula is C17H25N3O3. The first-order chi connectivity index (χ1) is 11.0. The normalized spacial score (nSPS) is 16.9. The number of para-hydroxylation sites is 1. The van der Waals surface area contributed by atoms with Gasteiger partial charge in [0.25, 0.3) is 0 Å². The van der Waals surface area contributed by atoms with Crippen molar-refractivity contribution in [3.05, 3.63) is 29.8 Å². The van der Waals surface area contributed by atoms with Gasteiger partial charge in [-0.1, -0.05) is 18.2 Å². The van der Waals surface area contributed by atoms with Crippen molar-refractivity contribution in [3.8, 4) is 0 Å². The molecule has 1 heterocycles. The van der Waals surface area contributed by atoms with Crippen LogP contribution in [-0.4, -0.2) is 62.1 Å². The molecule has 2 rings (SSSR count). The third-order valence-electron chi connectivity index (χ3n) is 3.95. The van der Waals surface area contributed by atoms with Crippen LogP contribution in [0.15, 0.2) is 24.3 Å². The van der Waals surface area contributed by atoms with Gasteiger partial charge in [0.15, 0.2) is 0 Å². The predicted molar refractivity (Wildman–Crippen MR) is 89.5 cm³/mol. The Balaban J connectivity index is 1.98. The van der Waals surface area contributed by atoms with Crippen molar-refractivity contribution in [2.45, 2.75) is 25.4 Å². The summed E-state index contributed by atoms with van der Waals surface area (Å²) >= 11 is 0. The fourth-order valence-corrected chi connectivity index (χ4v) is 2.50. The smallest absolute Gasteiger partial charge is 0.321 e. The van der Waals surface area contributed by atoms with Crippen molar-refractivity contribution in [2.24, 2.45) is 0 Å². The Labute approximate surface area is 137 Å². The molecule has 1 atom stereocenters. The quantitative estimate of drug-likeness (QED) is 0.902. The monoisotopic (exact) mass is 319 g/mol. The summed E-state index contributed by atoms with van der Waals surface area (Å²) in [6.07, 6.45) is 2.43. The van der Waals surface area contributed by atoms with Gasteiger partial charge in [0.2, 0.25) is 5.91 Å². The van der Waals surface area contributed by atoms with E-state index >= 15 is 0 Å². The van der Waals surface area contributed by atoms with Crippen molar-refractivity contribution >= 4 is 17.6 Å². The summed E-state index contributed by atoms with van der Waals surface area (Å²) in [5.74, 6) is -0.000547. The first-order valence-electron chi connectivity index (χ1n) is 7.89. The van der Waals surface area contributed by atoms with Gasteiger partial charge >= 0.3 is 6.03 Å². The van der Waals surface area contributed by atoms with Gasteiger partial charge in [-0.3, -0.25) is 4.79 Å². The highest BCUT2D eigenvalue weighted by molar-refractivity contribution is 5.91. The Hall–Kier alpha value is -2.08. The lowest BCUT2D eigenvalue weighted by molar-refractivity contribution is -0.127. The van der Waals surface area contributed by atoms with Crippen LogP contribution in [0.2, 0.25) is 0 Å². The summed E-state index contributed by atoms with van der Waals surface area (Å²) in [4.78, 5) is 27.4. The molecule has 1 fully saturated rings. The van der Waals surface area contributed by atoms with E-state index in [2.05, 4.69) is 5.32 Å². The number of rotatable bonds is 5. The molecule has 126 valence electrons. The van der Waals surface area contributed by atoms with Crippen LogP contribution in [0.4, 0.5) is 10.5 Å². The number of amides is 3. The maximum Gasteiger partial charge on any atom is 0.321 e. The number of nitrogens with zero attached hydrogens (tertiary/aromatic N) is 2. The number of nitrogens with one attached hydrogen (secondary N) is 1. The van der Waals surface area contributed by atoms with E-state index in [9.17, 15) is 9.59 Å². The zero-order valence-electron chi connectivity index (χ0n) is 14.0. The molecule has 1 aliphatic heterocycles. The Morgan fingerprint density at radius 2 is 2.00 bits per heavy atom. The summed E-state index contributed by atoms with van der Waals surface area (Å²) < 4.78 is 5.55. The highest BCUT2D eigenvalue weighted by Crippen LogP contribution is 2.18. The van der Waals surface area contributed by atoms with E-state index in [-0.39, 0.29) is 24.5 Å². The maximum absolute atomic E-state index is 12.3. The number of hydrogen-bond acceptors (Lipinski definition) is 3. The molecular weight excluding hydrogens is 294 g/mol. The van der Waals surface area contributed by atoms with E-state index in [1.165, 1.54) is 0 Å². The summed E-state index contributed by atoms with van der Waals surface area (Å²) in [5.41, 5.74) is 1.48. The highest BCUT2D eigenvalue weighted by Gasteiger charge is 2.20. The largest absolute Gasteiger partial charge is 0.376 e. The molecule has 23 heavy (non-hydrogen) atoms. The fourth-order valence-electron chi connectivity index (χ4n) is 2.50. The van der Waals surface area contributed by atoms with Gasteiger partial charge in [-0.15, -0.1) is 0 Å². The lowest BCUT2D eigenvalue weighted by atomic mass is 10.1. The van der Waals surface area contributed by atoms with Crippen LogP contribution in [-0.2, 0) is 16.0 Å². The number of carbonyl (C=O) groups is 2. The van der Waals surface area contributed by atoms with Gasteiger partial charge < -0.3 is 19.9 Å². The molecule has 3 amide bonds. The zero-order valence-corrected chi connectivity index (χ0v) is 14.0. The van der Waals surface area contributed by atoms with Gasteiger partial charge in [0, 0.05) is 40.0 Å². The van der Waals surface area contributed by atoms with E-state index in [0.717, 1.165) is 25.0 Å². The minimum absolute atomic E-state index is 0.000547. The van der Waals surface area contributed by atoms with Gasteiger partial charge in [-0.25, -0.2) is 4.79 Å². The lowest BCUT2D eigenvalue weighted by Gasteiger charge is -2.22. The Bertz CT molecular complexity index is 554. The average Bonchev–Trinajstić information content (AvgIpc) is 3.01. The van der Waals surface area contributed by atoms with Crippen LogP contribution < -0.4 is 5.32 Å². The number of anilines is 1. The first-order valence-corrected chi connectivity index (χ1v) is 7.89. The SMILES string of the molecule is CN(C)C(=O)Cc1ccccc1NC(=O)N(C)CC1CCCO1. The zero-order chi connectivity index (χ0) is 16.8. The number of urea groups is 1. The van der Waals surface area contributed by atoms with E-state index < -0.39 is 0 Å². The van der Waals surface area contributed by atoms with Crippen molar-refractivity contribution in [1.29, 1.82) is 0 Å². The summed E-state index contributed by atoms with van der Waals surface area (Å²) in [5, 5.41) is 2.89. The molecule has 1 aliphatic rings. The topological polar surface area (TPSA) is 61.9 Å². The van der Waals surface area contributed by atoms with Crippen LogP contribution in [0, 0.1) is 0 Å². The average molecular weight is 319 g/mol. The van der Waals surface area contributed by atoms with Crippen LogP contribution in [0.25, 0.3) is 0 Å². The molecule has 0 spiro atoms. The van der Waals surface area contributed by atoms with Crippen LogP contribution in [0.5, 0.6) is 0 Å². The molecule has 1 N–H and O–H groups in total. The third-order valence-corrected chi connectivity index (χ3v) is 3.95. The van der Waals surface area contributed by atoms with E-state index in [1.54, 1.807) is 30.9 Å². The second kappa shape index (κ2) is 7.97. The number of ether oxygens (including phenoxy) is 1. The summed E-state index contributed by atoms with van der Waals surface area (Å²) in [7, 11) is 5.20. The maximum atomic E-state index is 12.3. The lowest BCUT2D eigenvalue weighted by Crippen LogP contribution is -2.37. The number of hydrogen-bond donors (Lipinski definition) is 1. The van der Waals surface area contributed by atoms with Crippen molar-refractivity contribution < 1.29 is 14.3 Å². The molecule has 1 aromatic carbocycles. The van der Waals surface area contributed by atoms with Crippen LogP contribution in [0.1, 0.15) is 18.4 Å². The Morgan fingerprint density at radius 3 is 2.65 bits per heavy atom. The Kier molecular flexibility index (Phi) is 5.98. The molecule has 6 nitrogen and oxygen atoms in total. The third kappa shape index (κ3) is 4.96. The minimum Gasteiger partial charge on any atom is -0.376 e. The fraction of sp³-hybridized carbons (Fsp3) is 0.529. The Morgan fingerprint density at radius 1 is 1.26 bits per heavy atom. The summed E-state index contributed by atoms with van der Waals surface area (Å²) in [6, 6.07) is 7.20. The van der Waals surface area contributed by atoms with E-state index in [0.29, 0.717) is 12.2 Å². The van der Waals surface area contributed by atoms with Gasteiger partial charge in [0.1, 0.15) is 0 Å². The second-order valence-electron chi connectivity index (χ2n) is 6.07. The molecule has 0 aromatic heterocycles. The molecule has 1 saturated heterocycles. The van der Waals surface area contributed by atoms with E-state index in [4.69, 9.17) is 4.74 Å². The molecule has 0 bridgehead atoms. The predicted octanol–water partition coefficient (Wildman–Crippen LogP) is 1.96. The van der Waals surface area contributed by atoms with Crippen molar-refractivity contribution in [2.75, 3.05) is 39.6 Å². The molecule has 1 aromatic rings. The van der Waals surface area contributed by atoms with Gasteiger partial charge in [-0.2, -0.15) is 0 Å². The highest BCUT2D eigenvalue weighted by atomic mass is 16.5. The number of likely N-dealkylation sites (N-methyl/N-ethyl adjacent to an activating group) is 2. The van der Waals surface area contributed by atoms with E-state index in [1.807, 2.05) is 24.3 Å². The summed E-state index contributed by atoms with van der Waals surface area (Å²) in [6.45, 7) is 1.35. The second-order valence-corrected chi connectivity index (χ2v) is 6.07. The number of carbonyl (C=O) groups excluding carboxylic acids is 2. The van der Waals surface area contributed by atoms with Crippen molar-refractivity contribution in [1.82, 2.24) is 9.80 Å². The number of benzene rings is 1. The molecule has 1 unspecified atom stereocenters. The van der Waals surface area contributed by atoms with Crippen molar-refractivity contribution in [3.63, 3.8) is 0 Å². The molecule has 0 saturated carbocycles.